The van der Waals surface area contributed by atoms with Crippen molar-refractivity contribution in [3.63, 3.8) is 0 Å². The minimum atomic E-state index is 0. The standard InChI is InChI=1S/C17H21N3O.HI/c1-13-6-5-8-15(12-13)20-17(18)19-11-10-14-7-3-4-9-16(14)21-2;/h3-9,12H,10-11H2,1-2H3,(H3,18,19,20);1H. The second-order valence-corrected chi connectivity index (χ2v) is 4.82. The average molecular weight is 411 g/mol. The first-order valence-electron chi connectivity index (χ1n) is 6.94. The second-order valence-electron chi connectivity index (χ2n) is 4.82. The number of aryl methyl sites for hydroxylation is 1. The SMILES string of the molecule is COc1ccccc1CCN=C(N)Nc1cccc(C)c1.I. The Morgan fingerprint density at radius 1 is 1.18 bits per heavy atom. The van der Waals surface area contributed by atoms with Crippen LogP contribution in [0.3, 0.4) is 0 Å². The maximum Gasteiger partial charge on any atom is 0.193 e. The van der Waals surface area contributed by atoms with Crippen LogP contribution in [0.25, 0.3) is 0 Å². The minimum absolute atomic E-state index is 0. The molecule has 118 valence electrons. The van der Waals surface area contributed by atoms with Crippen LogP contribution in [0.5, 0.6) is 5.75 Å². The summed E-state index contributed by atoms with van der Waals surface area (Å²) >= 11 is 0. The van der Waals surface area contributed by atoms with Gasteiger partial charge in [0, 0.05) is 12.2 Å². The van der Waals surface area contributed by atoms with E-state index in [1.807, 2.05) is 55.5 Å². The van der Waals surface area contributed by atoms with Gasteiger partial charge in [0.05, 0.1) is 7.11 Å². The highest BCUT2D eigenvalue weighted by Crippen LogP contribution is 2.17. The van der Waals surface area contributed by atoms with Crippen LogP contribution in [0.2, 0.25) is 0 Å². The van der Waals surface area contributed by atoms with Gasteiger partial charge in [0.1, 0.15) is 5.75 Å². The third-order valence-corrected chi connectivity index (χ3v) is 3.15. The molecule has 2 aromatic rings. The van der Waals surface area contributed by atoms with E-state index in [4.69, 9.17) is 10.5 Å². The lowest BCUT2D eigenvalue weighted by Gasteiger charge is -2.08. The van der Waals surface area contributed by atoms with Gasteiger partial charge in [-0.15, -0.1) is 24.0 Å². The van der Waals surface area contributed by atoms with Gasteiger partial charge in [-0.3, -0.25) is 4.99 Å². The fraction of sp³-hybridized carbons (Fsp3) is 0.235. The average Bonchev–Trinajstić information content (AvgIpc) is 2.47. The van der Waals surface area contributed by atoms with E-state index in [0.717, 1.165) is 23.4 Å². The summed E-state index contributed by atoms with van der Waals surface area (Å²) in [5, 5.41) is 3.09. The van der Waals surface area contributed by atoms with E-state index in [1.54, 1.807) is 7.11 Å². The van der Waals surface area contributed by atoms with Crippen molar-refractivity contribution in [2.45, 2.75) is 13.3 Å². The highest BCUT2D eigenvalue weighted by molar-refractivity contribution is 14.0. The number of rotatable bonds is 5. The van der Waals surface area contributed by atoms with Gasteiger partial charge in [-0.05, 0) is 42.7 Å². The van der Waals surface area contributed by atoms with Crippen LogP contribution in [-0.4, -0.2) is 19.6 Å². The van der Waals surface area contributed by atoms with E-state index < -0.39 is 0 Å². The molecule has 0 aliphatic rings. The maximum atomic E-state index is 5.90. The number of para-hydroxylation sites is 1. The van der Waals surface area contributed by atoms with E-state index in [9.17, 15) is 0 Å². The molecular formula is C17H22IN3O. The van der Waals surface area contributed by atoms with Crippen molar-refractivity contribution in [2.75, 3.05) is 19.0 Å². The molecule has 3 N–H and O–H groups in total. The first kappa shape index (κ1) is 18.3. The van der Waals surface area contributed by atoms with Crippen molar-refractivity contribution in [2.24, 2.45) is 10.7 Å². The third kappa shape index (κ3) is 5.55. The number of nitrogens with two attached hydrogens (primary N) is 1. The first-order valence-corrected chi connectivity index (χ1v) is 6.94. The molecule has 5 heteroatoms. The molecule has 0 aliphatic carbocycles. The summed E-state index contributed by atoms with van der Waals surface area (Å²) in [6.07, 6.45) is 0.792. The molecule has 0 heterocycles. The molecule has 0 saturated carbocycles. The number of halogens is 1. The molecule has 0 radical (unpaired) electrons. The van der Waals surface area contributed by atoms with Crippen molar-refractivity contribution < 1.29 is 4.74 Å². The Bertz CT molecular complexity index is 629. The molecule has 0 aromatic heterocycles. The topological polar surface area (TPSA) is 59.6 Å². The summed E-state index contributed by atoms with van der Waals surface area (Å²) in [6, 6.07) is 16.0. The fourth-order valence-electron chi connectivity index (χ4n) is 2.12. The number of ether oxygens (including phenoxy) is 1. The predicted molar refractivity (Wildman–Crippen MR) is 103 cm³/mol. The van der Waals surface area contributed by atoms with Crippen LogP contribution < -0.4 is 15.8 Å². The van der Waals surface area contributed by atoms with Crippen molar-refractivity contribution in [1.82, 2.24) is 0 Å². The predicted octanol–water partition coefficient (Wildman–Crippen LogP) is 3.59. The van der Waals surface area contributed by atoms with Crippen molar-refractivity contribution >= 4 is 35.6 Å². The van der Waals surface area contributed by atoms with Crippen LogP contribution in [0.15, 0.2) is 53.5 Å². The molecule has 0 saturated heterocycles. The van der Waals surface area contributed by atoms with Gasteiger partial charge in [0.15, 0.2) is 5.96 Å². The van der Waals surface area contributed by atoms with Crippen molar-refractivity contribution in [3.05, 3.63) is 59.7 Å². The molecule has 0 spiro atoms. The van der Waals surface area contributed by atoms with Gasteiger partial charge >= 0.3 is 0 Å². The first-order chi connectivity index (χ1) is 10.2. The maximum absolute atomic E-state index is 5.90. The van der Waals surface area contributed by atoms with E-state index >= 15 is 0 Å². The summed E-state index contributed by atoms with van der Waals surface area (Å²) in [7, 11) is 1.68. The lowest BCUT2D eigenvalue weighted by atomic mass is 10.1. The normalized spacial score (nSPS) is 10.7. The lowest BCUT2D eigenvalue weighted by molar-refractivity contribution is 0.410. The second kappa shape index (κ2) is 9.30. The smallest absolute Gasteiger partial charge is 0.193 e. The Morgan fingerprint density at radius 2 is 1.95 bits per heavy atom. The van der Waals surface area contributed by atoms with Gasteiger partial charge in [0.2, 0.25) is 0 Å². The molecule has 22 heavy (non-hydrogen) atoms. The number of benzene rings is 2. The van der Waals surface area contributed by atoms with E-state index in [-0.39, 0.29) is 24.0 Å². The molecule has 2 rings (SSSR count). The number of hydrogen-bond donors (Lipinski definition) is 2. The molecule has 2 aromatic carbocycles. The van der Waals surface area contributed by atoms with Gasteiger partial charge in [-0.2, -0.15) is 0 Å². The minimum Gasteiger partial charge on any atom is -0.496 e. The summed E-state index contributed by atoms with van der Waals surface area (Å²) in [4.78, 5) is 4.35. The number of aliphatic imine (C=N–C) groups is 1. The Kier molecular flexibility index (Phi) is 7.73. The Labute approximate surface area is 148 Å². The van der Waals surface area contributed by atoms with Crippen LogP contribution in [-0.2, 0) is 6.42 Å². The Morgan fingerprint density at radius 3 is 2.68 bits per heavy atom. The summed E-state index contributed by atoms with van der Waals surface area (Å²) < 4.78 is 5.32. The van der Waals surface area contributed by atoms with Gasteiger partial charge in [-0.1, -0.05) is 30.3 Å². The van der Waals surface area contributed by atoms with E-state index in [1.165, 1.54) is 5.56 Å². The van der Waals surface area contributed by atoms with Gasteiger partial charge in [0.25, 0.3) is 0 Å². The number of methoxy groups -OCH3 is 1. The largest absolute Gasteiger partial charge is 0.496 e. The van der Waals surface area contributed by atoms with E-state index in [2.05, 4.69) is 10.3 Å². The van der Waals surface area contributed by atoms with Crippen LogP contribution in [0.1, 0.15) is 11.1 Å². The lowest BCUT2D eigenvalue weighted by Crippen LogP contribution is -2.23. The van der Waals surface area contributed by atoms with Gasteiger partial charge in [-0.25, -0.2) is 0 Å². The monoisotopic (exact) mass is 411 g/mol. The number of guanidine groups is 1. The summed E-state index contributed by atoms with van der Waals surface area (Å²) in [5.41, 5.74) is 9.16. The van der Waals surface area contributed by atoms with Crippen molar-refractivity contribution in [1.29, 1.82) is 0 Å². The zero-order chi connectivity index (χ0) is 15.1. The quantitative estimate of drug-likeness (QED) is 0.449. The number of hydrogen-bond acceptors (Lipinski definition) is 2. The molecule has 0 aliphatic heterocycles. The van der Waals surface area contributed by atoms with Crippen LogP contribution in [0, 0.1) is 6.92 Å². The fourth-order valence-corrected chi connectivity index (χ4v) is 2.12. The van der Waals surface area contributed by atoms with E-state index in [0.29, 0.717) is 12.5 Å². The highest BCUT2D eigenvalue weighted by atomic mass is 127. The zero-order valence-corrected chi connectivity index (χ0v) is 15.2. The number of anilines is 1. The number of nitrogens with one attached hydrogen (secondary N) is 1. The third-order valence-electron chi connectivity index (χ3n) is 3.15. The molecule has 0 fully saturated rings. The number of nitrogens with zero attached hydrogens (tertiary/aromatic N) is 1. The van der Waals surface area contributed by atoms with Crippen molar-refractivity contribution in [3.8, 4) is 5.75 Å². The molecule has 0 bridgehead atoms. The highest BCUT2D eigenvalue weighted by Gasteiger charge is 2.01. The molecule has 0 unspecified atom stereocenters. The summed E-state index contributed by atoms with van der Waals surface area (Å²) in [6.45, 7) is 2.66. The molecule has 0 atom stereocenters. The van der Waals surface area contributed by atoms with Gasteiger partial charge < -0.3 is 15.8 Å². The summed E-state index contributed by atoms with van der Waals surface area (Å²) in [5.74, 6) is 1.31. The Balaban J connectivity index is 0.00000242. The van der Waals surface area contributed by atoms with Crippen LogP contribution >= 0.6 is 24.0 Å². The molecule has 4 nitrogen and oxygen atoms in total. The Hall–Kier alpha value is -1.76. The molecular weight excluding hydrogens is 389 g/mol. The molecule has 0 amide bonds. The van der Waals surface area contributed by atoms with Crippen LogP contribution in [0.4, 0.5) is 5.69 Å². The zero-order valence-electron chi connectivity index (χ0n) is 12.9.